The Morgan fingerprint density at radius 1 is 0.846 bits per heavy atom. The maximum Gasteiger partial charge on any atom is 0.258 e. The lowest BCUT2D eigenvalue weighted by molar-refractivity contribution is 0.0996. The molecule has 0 N–H and O–H groups in total. The van der Waals surface area contributed by atoms with E-state index in [0.29, 0.717) is 6.54 Å². The minimum absolute atomic E-state index is 0.0753. The lowest BCUT2D eigenvalue weighted by atomic mass is 10.0. The van der Waals surface area contributed by atoms with Gasteiger partial charge in [-0.25, -0.2) is 0 Å². The summed E-state index contributed by atoms with van der Waals surface area (Å²) in [7, 11) is 2.03. The van der Waals surface area contributed by atoms with Crippen LogP contribution in [0.1, 0.15) is 15.9 Å². The highest BCUT2D eigenvalue weighted by atomic mass is 16.2. The molecule has 0 fully saturated rings. The fraction of sp³-hybridized carbons (Fsp3) is 0.0870. The summed E-state index contributed by atoms with van der Waals surface area (Å²) < 4.78 is 2.08. The van der Waals surface area contributed by atoms with Gasteiger partial charge in [-0.3, -0.25) is 4.79 Å². The van der Waals surface area contributed by atoms with Gasteiger partial charge < -0.3 is 9.47 Å². The zero-order valence-corrected chi connectivity index (χ0v) is 14.5. The van der Waals surface area contributed by atoms with Crippen molar-refractivity contribution in [1.29, 1.82) is 0 Å². The summed E-state index contributed by atoms with van der Waals surface area (Å²) in [6.45, 7) is 0.624. The normalized spacial score (nSPS) is 13.4. The molecule has 3 aromatic carbocycles. The Labute approximate surface area is 152 Å². The van der Waals surface area contributed by atoms with Crippen LogP contribution in [0.2, 0.25) is 0 Å². The van der Waals surface area contributed by atoms with Crippen LogP contribution < -0.4 is 4.90 Å². The van der Waals surface area contributed by atoms with E-state index in [1.807, 2.05) is 48.5 Å². The van der Waals surface area contributed by atoms with E-state index < -0.39 is 0 Å². The molecule has 0 saturated carbocycles. The molecular formula is C23H18N2O. The predicted molar refractivity (Wildman–Crippen MR) is 105 cm³/mol. The third-order valence-corrected chi connectivity index (χ3v) is 5.20. The molecule has 1 aliphatic rings. The van der Waals surface area contributed by atoms with Crippen molar-refractivity contribution in [2.75, 3.05) is 4.90 Å². The van der Waals surface area contributed by atoms with E-state index >= 15 is 0 Å². The number of carbonyl (C=O) groups is 1. The van der Waals surface area contributed by atoms with E-state index in [0.717, 1.165) is 33.5 Å². The van der Waals surface area contributed by atoms with Crippen molar-refractivity contribution in [3.63, 3.8) is 0 Å². The first kappa shape index (κ1) is 15.0. The molecule has 4 aromatic rings. The molecule has 3 nitrogen and oxygen atoms in total. The van der Waals surface area contributed by atoms with Crippen molar-refractivity contribution in [1.82, 2.24) is 4.57 Å². The molecule has 0 atom stereocenters. The molecule has 0 radical (unpaired) electrons. The van der Waals surface area contributed by atoms with Crippen LogP contribution in [0.3, 0.4) is 0 Å². The summed E-state index contributed by atoms with van der Waals surface area (Å²) in [5.74, 6) is 0.0753. The van der Waals surface area contributed by atoms with Crippen LogP contribution >= 0.6 is 0 Å². The van der Waals surface area contributed by atoms with Gasteiger partial charge in [0.2, 0.25) is 0 Å². The largest absolute Gasteiger partial charge is 0.350 e. The van der Waals surface area contributed by atoms with Gasteiger partial charge in [-0.2, -0.15) is 0 Å². The number of benzene rings is 3. The summed E-state index contributed by atoms with van der Waals surface area (Å²) >= 11 is 0. The molecule has 3 heteroatoms. The van der Waals surface area contributed by atoms with Gasteiger partial charge in [0.1, 0.15) is 0 Å². The molecule has 1 amide bonds. The quantitative estimate of drug-likeness (QED) is 0.504. The maximum absolute atomic E-state index is 13.1. The number of fused-ring (bicyclic) bond motifs is 2. The van der Waals surface area contributed by atoms with Gasteiger partial charge in [-0.05, 0) is 46.3 Å². The zero-order valence-electron chi connectivity index (χ0n) is 14.5. The molecule has 5 rings (SSSR count). The first-order chi connectivity index (χ1) is 12.7. The highest BCUT2D eigenvalue weighted by molar-refractivity contribution is 6.11. The second-order valence-electron chi connectivity index (χ2n) is 6.80. The molecule has 0 spiro atoms. The fourth-order valence-electron chi connectivity index (χ4n) is 3.74. The summed E-state index contributed by atoms with van der Waals surface area (Å²) in [5.41, 5.74) is 6.18. The van der Waals surface area contributed by atoms with E-state index in [9.17, 15) is 4.79 Å². The second kappa shape index (κ2) is 5.60. The number of carbonyl (C=O) groups excluding carboxylic acids is 1. The number of aryl methyl sites for hydroxylation is 1. The molecule has 126 valence electrons. The number of hydrogen-bond donors (Lipinski definition) is 0. The Balaban J connectivity index is 1.54. The van der Waals surface area contributed by atoms with Gasteiger partial charge in [0.15, 0.2) is 0 Å². The van der Waals surface area contributed by atoms with Crippen LogP contribution in [0.5, 0.6) is 0 Å². The van der Waals surface area contributed by atoms with E-state index in [1.54, 1.807) is 0 Å². The summed E-state index contributed by atoms with van der Waals surface area (Å²) in [4.78, 5) is 14.9. The standard InChI is InChI=1S/C23H18N2O/c1-24-12-11-17-9-10-20(14-22(17)24)25-15-19-8-7-18(13-21(19)23(25)26)16-5-3-2-4-6-16/h2-14H,15H2,1H3. The highest BCUT2D eigenvalue weighted by Gasteiger charge is 2.29. The number of amides is 1. The molecule has 2 heterocycles. The van der Waals surface area contributed by atoms with Gasteiger partial charge in [0, 0.05) is 30.0 Å². The van der Waals surface area contributed by atoms with Crippen LogP contribution in [0, 0.1) is 0 Å². The van der Waals surface area contributed by atoms with Crippen LogP contribution in [-0.2, 0) is 13.6 Å². The van der Waals surface area contributed by atoms with Crippen molar-refractivity contribution >= 4 is 22.5 Å². The molecular weight excluding hydrogens is 320 g/mol. The van der Waals surface area contributed by atoms with Crippen LogP contribution in [-0.4, -0.2) is 10.5 Å². The Kier molecular flexibility index (Phi) is 3.22. The van der Waals surface area contributed by atoms with E-state index in [1.165, 1.54) is 5.39 Å². The number of aromatic nitrogens is 1. The monoisotopic (exact) mass is 338 g/mol. The maximum atomic E-state index is 13.1. The number of rotatable bonds is 2. The van der Waals surface area contributed by atoms with Crippen molar-refractivity contribution in [2.24, 2.45) is 7.05 Å². The Bertz CT molecular complexity index is 1140. The van der Waals surface area contributed by atoms with E-state index in [-0.39, 0.29) is 5.91 Å². The predicted octanol–water partition coefficient (Wildman–Crippen LogP) is 5.01. The fourth-order valence-corrected chi connectivity index (χ4v) is 3.74. The molecule has 26 heavy (non-hydrogen) atoms. The Morgan fingerprint density at radius 2 is 1.69 bits per heavy atom. The first-order valence-electron chi connectivity index (χ1n) is 8.76. The zero-order chi connectivity index (χ0) is 17.7. The average Bonchev–Trinajstić information content (AvgIpc) is 3.22. The lowest BCUT2D eigenvalue weighted by Crippen LogP contribution is -2.22. The third-order valence-electron chi connectivity index (χ3n) is 5.20. The summed E-state index contributed by atoms with van der Waals surface area (Å²) in [6, 6.07) is 24.7. The van der Waals surface area contributed by atoms with Crippen LogP contribution in [0.4, 0.5) is 5.69 Å². The second-order valence-corrected chi connectivity index (χ2v) is 6.80. The van der Waals surface area contributed by atoms with Gasteiger partial charge >= 0.3 is 0 Å². The Hall–Kier alpha value is -3.33. The molecule has 0 unspecified atom stereocenters. The van der Waals surface area contributed by atoms with Crippen LogP contribution in [0.25, 0.3) is 22.0 Å². The molecule has 0 aliphatic carbocycles. The Morgan fingerprint density at radius 3 is 2.54 bits per heavy atom. The molecule has 0 bridgehead atoms. The SMILES string of the molecule is Cn1ccc2ccc(N3Cc4ccc(-c5ccccc5)cc4C3=O)cc21. The third kappa shape index (κ3) is 2.25. The first-order valence-corrected chi connectivity index (χ1v) is 8.76. The molecule has 0 saturated heterocycles. The van der Waals surface area contributed by atoms with E-state index in [4.69, 9.17) is 0 Å². The minimum Gasteiger partial charge on any atom is -0.350 e. The molecule has 1 aliphatic heterocycles. The van der Waals surface area contributed by atoms with Gasteiger partial charge in [0.05, 0.1) is 6.54 Å². The number of nitrogens with zero attached hydrogens (tertiary/aromatic N) is 2. The summed E-state index contributed by atoms with van der Waals surface area (Å²) in [5, 5.41) is 1.19. The minimum atomic E-state index is 0.0753. The van der Waals surface area contributed by atoms with Gasteiger partial charge in [-0.1, -0.05) is 48.5 Å². The van der Waals surface area contributed by atoms with E-state index in [2.05, 4.69) is 47.0 Å². The van der Waals surface area contributed by atoms with Crippen molar-refractivity contribution in [3.8, 4) is 11.1 Å². The lowest BCUT2D eigenvalue weighted by Gasteiger charge is -2.16. The number of anilines is 1. The van der Waals surface area contributed by atoms with Crippen molar-refractivity contribution in [3.05, 3.63) is 90.1 Å². The van der Waals surface area contributed by atoms with Crippen molar-refractivity contribution < 1.29 is 4.79 Å². The molecule has 1 aromatic heterocycles. The van der Waals surface area contributed by atoms with Crippen LogP contribution in [0.15, 0.2) is 79.0 Å². The smallest absolute Gasteiger partial charge is 0.258 e. The van der Waals surface area contributed by atoms with Gasteiger partial charge in [-0.15, -0.1) is 0 Å². The average molecular weight is 338 g/mol. The van der Waals surface area contributed by atoms with Gasteiger partial charge in [0.25, 0.3) is 5.91 Å². The number of hydrogen-bond acceptors (Lipinski definition) is 1. The topological polar surface area (TPSA) is 25.2 Å². The summed E-state index contributed by atoms with van der Waals surface area (Å²) in [6.07, 6.45) is 2.04. The van der Waals surface area contributed by atoms with Crippen molar-refractivity contribution in [2.45, 2.75) is 6.54 Å². The highest BCUT2D eigenvalue weighted by Crippen LogP contribution is 2.33.